The summed E-state index contributed by atoms with van der Waals surface area (Å²) in [5.41, 5.74) is 1.14. The molecule has 2 aromatic carbocycles. The summed E-state index contributed by atoms with van der Waals surface area (Å²) in [5, 5.41) is 5.23. The molecule has 9 heteroatoms. The molecule has 2 N–H and O–H groups in total. The average Bonchev–Trinajstić information content (AvgIpc) is 2.73. The third-order valence-corrected chi connectivity index (χ3v) is 6.40. The summed E-state index contributed by atoms with van der Waals surface area (Å²) in [6.45, 7) is 5.49. The van der Waals surface area contributed by atoms with Crippen LogP contribution in [-0.2, 0) is 14.8 Å². The van der Waals surface area contributed by atoms with E-state index in [9.17, 15) is 18.0 Å². The van der Waals surface area contributed by atoms with Crippen molar-refractivity contribution in [2.24, 2.45) is 0 Å². The van der Waals surface area contributed by atoms with Gasteiger partial charge in [0.25, 0.3) is 15.9 Å². The predicted molar refractivity (Wildman–Crippen MR) is 115 cm³/mol. The molecule has 0 radical (unpaired) electrons. The highest BCUT2D eigenvalue weighted by Crippen LogP contribution is 2.31. The molecule has 0 aliphatic heterocycles. The number of rotatable bonds is 8. The van der Waals surface area contributed by atoms with E-state index in [1.807, 2.05) is 0 Å². The van der Waals surface area contributed by atoms with Crippen molar-refractivity contribution >= 4 is 27.5 Å². The molecule has 2 aromatic rings. The monoisotopic (exact) mass is 433 g/mol. The largest absolute Gasteiger partial charge is 0.495 e. The Morgan fingerprint density at radius 2 is 1.83 bits per heavy atom. The van der Waals surface area contributed by atoms with Gasteiger partial charge in [0.1, 0.15) is 11.8 Å². The number of sulfonamides is 1. The van der Waals surface area contributed by atoms with Gasteiger partial charge in [-0.1, -0.05) is 18.2 Å². The van der Waals surface area contributed by atoms with E-state index in [0.717, 1.165) is 4.31 Å². The molecular weight excluding hydrogens is 406 g/mol. The Balaban J connectivity index is 2.37. The molecule has 2 rings (SSSR count). The van der Waals surface area contributed by atoms with E-state index in [1.54, 1.807) is 51.1 Å². The fourth-order valence-corrected chi connectivity index (χ4v) is 4.08. The SMILES string of the molecule is CCNC(=O)[C@H](C)NC(=O)c1cc(S(=O)(=O)N(C)c2ccccc2OC)ccc1C. The average molecular weight is 434 g/mol. The smallest absolute Gasteiger partial charge is 0.264 e. The summed E-state index contributed by atoms with van der Waals surface area (Å²) in [4.78, 5) is 24.5. The van der Waals surface area contributed by atoms with Crippen molar-refractivity contribution in [3.63, 3.8) is 0 Å². The van der Waals surface area contributed by atoms with E-state index < -0.39 is 22.0 Å². The number of ether oxygens (including phenoxy) is 1. The van der Waals surface area contributed by atoms with Crippen LogP contribution in [0.3, 0.4) is 0 Å². The molecule has 0 aliphatic carbocycles. The molecule has 8 nitrogen and oxygen atoms in total. The highest BCUT2D eigenvalue weighted by atomic mass is 32.2. The van der Waals surface area contributed by atoms with Gasteiger partial charge in [-0.15, -0.1) is 0 Å². The summed E-state index contributed by atoms with van der Waals surface area (Å²) >= 11 is 0. The van der Waals surface area contributed by atoms with Gasteiger partial charge in [0.15, 0.2) is 0 Å². The fourth-order valence-electron chi connectivity index (χ4n) is 2.85. The van der Waals surface area contributed by atoms with Crippen LogP contribution in [0.2, 0.25) is 0 Å². The Bertz CT molecular complexity index is 1040. The molecule has 0 aliphatic rings. The third-order valence-electron chi connectivity index (χ3n) is 4.63. The lowest BCUT2D eigenvalue weighted by molar-refractivity contribution is -0.122. The Morgan fingerprint density at radius 3 is 2.47 bits per heavy atom. The first-order chi connectivity index (χ1) is 14.1. The lowest BCUT2D eigenvalue weighted by Gasteiger charge is -2.22. The van der Waals surface area contributed by atoms with Gasteiger partial charge in [-0.2, -0.15) is 0 Å². The maximum Gasteiger partial charge on any atom is 0.264 e. The number of likely N-dealkylation sites (N-methyl/N-ethyl adjacent to an activating group) is 1. The maximum atomic E-state index is 13.2. The molecule has 0 bridgehead atoms. The molecule has 30 heavy (non-hydrogen) atoms. The fraction of sp³-hybridized carbons (Fsp3) is 0.333. The summed E-state index contributed by atoms with van der Waals surface area (Å²) in [5.74, 6) is -0.434. The van der Waals surface area contributed by atoms with E-state index in [0.29, 0.717) is 23.5 Å². The second kappa shape index (κ2) is 9.62. The van der Waals surface area contributed by atoms with E-state index in [1.165, 1.54) is 26.3 Å². The molecule has 0 unspecified atom stereocenters. The maximum absolute atomic E-state index is 13.2. The minimum Gasteiger partial charge on any atom is -0.495 e. The standard InChI is InChI=1S/C21H27N3O5S/c1-6-22-20(25)15(3)23-21(26)17-13-16(12-11-14(17)2)30(27,28)24(4)18-9-7-8-10-19(18)29-5/h7-13,15H,6H2,1-5H3,(H,22,25)(H,23,26)/t15-/m0/s1. The van der Waals surface area contributed by atoms with Crippen molar-refractivity contribution in [1.82, 2.24) is 10.6 Å². The first-order valence-corrected chi connectivity index (χ1v) is 10.9. The molecular formula is C21H27N3O5S. The van der Waals surface area contributed by atoms with Crippen LogP contribution >= 0.6 is 0 Å². The third kappa shape index (κ3) is 4.91. The van der Waals surface area contributed by atoms with Gasteiger partial charge >= 0.3 is 0 Å². The van der Waals surface area contributed by atoms with Gasteiger partial charge in [0, 0.05) is 19.2 Å². The van der Waals surface area contributed by atoms with E-state index in [-0.39, 0.29) is 16.4 Å². The van der Waals surface area contributed by atoms with Crippen LogP contribution in [-0.4, -0.2) is 47.0 Å². The van der Waals surface area contributed by atoms with Crippen LogP contribution in [0.5, 0.6) is 5.75 Å². The Kier molecular flexibility index (Phi) is 7.44. The Labute approximate surface area is 177 Å². The van der Waals surface area contributed by atoms with Crippen molar-refractivity contribution in [2.75, 3.05) is 25.0 Å². The lowest BCUT2D eigenvalue weighted by atomic mass is 10.1. The van der Waals surface area contributed by atoms with E-state index in [4.69, 9.17) is 4.74 Å². The van der Waals surface area contributed by atoms with Crippen LogP contribution in [0, 0.1) is 6.92 Å². The highest BCUT2D eigenvalue weighted by Gasteiger charge is 2.26. The molecule has 0 spiro atoms. The lowest BCUT2D eigenvalue weighted by Crippen LogP contribution is -2.44. The first kappa shape index (κ1) is 23.2. The number of aryl methyl sites for hydroxylation is 1. The van der Waals surface area contributed by atoms with Crippen molar-refractivity contribution in [3.05, 3.63) is 53.6 Å². The zero-order valence-corrected chi connectivity index (χ0v) is 18.5. The Morgan fingerprint density at radius 1 is 1.17 bits per heavy atom. The Hall–Kier alpha value is -3.07. The zero-order valence-electron chi connectivity index (χ0n) is 17.7. The number of hydrogen-bond donors (Lipinski definition) is 2. The molecule has 162 valence electrons. The summed E-state index contributed by atoms with van der Waals surface area (Å²) < 4.78 is 32.7. The van der Waals surface area contributed by atoms with E-state index >= 15 is 0 Å². The number of carbonyl (C=O) groups excluding carboxylic acids is 2. The molecule has 0 heterocycles. The van der Waals surface area contributed by atoms with Crippen molar-refractivity contribution < 1.29 is 22.7 Å². The summed E-state index contributed by atoms with van der Waals surface area (Å²) in [6.07, 6.45) is 0. The number of nitrogens with one attached hydrogen (secondary N) is 2. The van der Waals surface area contributed by atoms with Gasteiger partial charge in [0.2, 0.25) is 5.91 Å². The van der Waals surface area contributed by atoms with Crippen LogP contribution in [0.4, 0.5) is 5.69 Å². The number of methoxy groups -OCH3 is 1. The number of para-hydroxylation sites is 2. The second-order valence-electron chi connectivity index (χ2n) is 6.71. The van der Waals surface area contributed by atoms with Crippen molar-refractivity contribution in [2.45, 2.75) is 31.7 Å². The van der Waals surface area contributed by atoms with Gasteiger partial charge < -0.3 is 15.4 Å². The van der Waals surface area contributed by atoms with Crippen LogP contribution in [0.1, 0.15) is 29.8 Å². The molecule has 0 fully saturated rings. The van der Waals surface area contributed by atoms with Gasteiger partial charge in [0.05, 0.1) is 17.7 Å². The molecule has 0 saturated carbocycles. The van der Waals surface area contributed by atoms with Crippen LogP contribution in [0.25, 0.3) is 0 Å². The van der Waals surface area contributed by atoms with Gasteiger partial charge in [-0.25, -0.2) is 8.42 Å². The van der Waals surface area contributed by atoms with Crippen LogP contribution < -0.4 is 19.7 Å². The summed E-state index contributed by atoms with van der Waals surface area (Å²) in [6, 6.07) is 10.3. The first-order valence-electron chi connectivity index (χ1n) is 9.44. The zero-order chi connectivity index (χ0) is 22.5. The molecule has 2 amide bonds. The molecule has 0 saturated heterocycles. The molecule has 0 aromatic heterocycles. The van der Waals surface area contributed by atoms with Gasteiger partial charge in [-0.3, -0.25) is 13.9 Å². The second-order valence-corrected chi connectivity index (χ2v) is 8.68. The number of anilines is 1. The summed E-state index contributed by atoms with van der Waals surface area (Å²) in [7, 11) is -1.07. The molecule has 1 atom stereocenters. The number of nitrogens with zero attached hydrogens (tertiary/aromatic N) is 1. The van der Waals surface area contributed by atoms with Crippen molar-refractivity contribution in [1.29, 1.82) is 0 Å². The quantitative estimate of drug-likeness (QED) is 0.663. The highest BCUT2D eigenvalue weighted by molar-refractivity contribution is 7.92. The van der Waals surface area contributed by atoms with Crippen LogP contribution in [0.15, 0.2) is 47.4 Å². The minimum absolute atomic E-state index is 0.0441. The predicted octanol–water partition coefficient (Wildman–Crippen LogP) is 2.08. The number of amides is 2. The number of carbonyl (C=O) groups is 2. The van der Waals surface area contributed by atoms with E-state index in [2.05, 4.69) is 10.6 Å². The normalized spacial score (nSPS) is 12.0. The topological polar surface area (TPSA) is 105 Å². The van der Waals surface area contributed by atoms with Crippen molar-refractivity contribution in [3.8, 4) is 5.75 Å². The number of benzene rings is 2. The minimum atomic E-state index is -3.96. The van der Waals surface area contributed by atoms with Gasteiger partial charge in [-0.05, 0) is 50.6 Å². The number of hydrogen-bond acceptors (Lipinski definition) is 5.